The number of rotatable bonds is 6. The summed E-state index contributed by atoms with van der Waals surface area (Å²) in [7, 11) is -3.87. The number of nitrogen functional groups attached to an aromatic ring is 1. The van der Waals surface area contributed by atoms with Crippen LogP contribution in [0.2, 0.25) is 0 Å². The maximum Gasteiger partial charge on any atom is 0.490 e. The van der Waals surface area contributed by atoms with E-state index in [1.807, 2.05) is 0 Å². The highest BCUT2D eigenvalue weighted by molar-refractivity contribution is 7.91. The first kappa shape index (κ1) is 35.7. The van der Waals surface area contributed by atoms with Crippen LogP contribution in [0.5, 0.6) is 5.75 Å². The molecule has 44 heavy (non-hydrogen) atoms. The van der Waals surface area contributed by atoms with Crippen LogP contribution in [0.15, 0.2) is 46.8 Å². The zero-order valence-corrected chi connectivity index (χ0v) is 23.3. The number of amidine groups is 1. The van der Waals surface area contributed by atoms with Crippen LogP contribution in [0.25, 0.3) is 10.2 Å². The summed E-state index contributed by atoms with van der Waals surface area (Å²) in [6.45, 7) is 0.431. The molecule has 1 amide bonds. The maximum atomic E-state index is 12.8. The van der Waals surface area contributed by atoms with Gasteiger partial charge in [0.15, 0.2) is 0 Å². The lowest BCUT2D eigenvalue weighted by Crippen LogP contribution is -2.41. The smallest absolute Gasteiger partial charge is 0.490 e. The molecule has 7 N–H and O–H groups in total. The molecule has 1 aliphatic rings. The van der Waals surface area contributed by atoms with Crippen molar-refractivity contribution in [3.63, 3.8) is 0 Å². The third kappa shape index (κ3) is 9.77. The first-order chi connectivity index (χ1) is 20.1. The van der Waals surface area contributed by atoms with Gasteiger partial charge in [0, 0.05) is 30.4 Å². The molecule has 1 aromatic carbocycles. The van der Waals surface area contributed by atoms with Crippen molar-refractivity contribution in [2.75, 3.05) is 6.54 Å². The van der Waals surface area contributed by atoms with E-state index in [4.69, 9.17) is 30.9 Å². The second-order valence-electron chi connectivity index (χ2n) is 8.54. The number of carboxylic acid groups (broad SMARTS) is 2. The summed E-state index contributed by atoms with van der Waals surface area (Å²) < 4.78 is 92.3. The molecule has 3 aromatic rings. The molecule has 240 valence electrons. The molecule has 0 aliphatic carbocycles. The molecular weight excluding hydrogens is 652 g/mol. The Labute approximate surface area is 247 Å². The third-order valence-electron chi connectivity index (χ3n) is 5.36. The number of halogens is 6. The van der Waals surface area contributed by atoms with Crippen LogP contribution in [0.3, 0.4) is 0 Å². The minimum atomic E-state index is -5.08. The molecule has 4 rings (SSSR count). The number of aromatic nitrogens is 1. The van der Waals surface area contributed by atoms with Crippen molar-refractivity contribution in [2.45, 2.75) is 35.6 Å². The topological polar surface area (TPSA) is 224 Å². The van der Waals surface area contributed by atoms with Gasteiger partial charge in [0.2, 0.25) is 5.91 Å². The predicted molar refractivity (Wildman–Crippen MR) is 140 cm³/mol. The van der Waals surface area contributed by atoms with Crippen molar-refractivity contribution >= 4 is 55.3 Å². The van der Waals surface area contributed by atoms with Gasteiger partial charge in [-0.3, -0.25) is 15.2 Å². The Bertz CT molecular complexity index is 1600. The normalized spacial score (nSPS) is 15.2. The summed E-state index contributed by atoms with van der Waals surface area (Å²) >= 11 is 1.10. The first-order valence-electron chi connectivity index (χ1n) is 11.6. The van der Waals surface area contributed by atoms with E-state index in [2.05, 4.69) is 9.71 Å². The summed E-state index contributed by atoms with van der Waals surface area (Å²) in [5.74, 6) is -6.05. The highest BCUT2D eigenvalue weighted by atomic mass is 32.2. The van der Waals surface area contributed by atoms with E-state index in [1.54, 1.807) is 24.4 Å². The fourth-order valence-corrected chi connectivity index (χ4v) is 5.89. The van der Waals surface area contributed by atoms with Crippen LogP contribution in [0.1, 0.15) is 17.5 Å². The molecule has 2 aromatic heterocycles. The number of thiophene rings is 1. The van der Waals surface area contributed by atoms with Crippen LogP contribution in [0.4, 0.5) is 26.3 Å². The maximum absolute atomic E-state index is 12.8. The average Bonchev–Trinajstić information content (AvgIpc) is 3.49. The van der Waals surface area contributed by atoms with E-state index < -0.39 is 40.4 Å². The second kappa shape index (κ2) is 13.9. The summed E-state index contributed by atoms with van der Waals surface area (Å²) in [6, 6.07) is 8.61. The van der Waals surface area contributed by atoms with Gasteiger partial charge in [-0.25, -0.2) is 18.0 Å². The second-order valence-corrected chi connectivity index (χ2v) is 11.6. The van der Waals surface area contributed by atoms with Gasteiger partial charge < -0.3 is 26.0 Å². The van der Waals surface area contributed by atoms with Crippen LogP contribution in [0, 0.1) is 5.41 Å². The monoisotopic (exact) mass is 673 g/mol. The SMILES string of the molecule is N=C(N)c1ccc(O)c(CN2CC[C@H](NS(=O)(=O)c3cc4ncccc4s3)C2=O)c1.O=C(O)C(F)(F)F.O=C(O)C(F)(F)F. The Morgan fingerprint density at radius 3 is 2.16 bits per heavy atom. The number of hydrogen-bond acceptors (Lipinski definition) is 9. The van der Waals surface area contributed by atoms with Crippen molar-refractivity contribution in [1.29, 1.82) is 5.41 Å². The number of nitrogens with one attached hydrogen (secondary N) is 2. The Morgan fingerprint density at radius 2 is 1.66 bits per heavy atom. The van der Waals surface area contributed by atoms with E-state index in [1.165, 1.54) is 23.1 Å². The number of phenolic OH excluding ortho intramolecular Hbond substituents is 1. The molecule has 1 fully saturated rings. The number of phenols is 1. The molecule has 1 saturated heterocycles. The van der Waals surface area contributed by atoms with Crippen molar-refractivity contribution in [1.82, 2.24) is 14.6 Å². The number of aromatic hydroxyl groups is 1. The van der Waals surface area contributed by atoms with E-state index in [0.29, 0.717) is 29.6 Å². The number of carboxylic acids is 2. The summed E-state index contributed by atoms with van der Waals surface area (Å²) in [6.07, 6.45) is -8.26. The summed E-state index contributed by atoms with van der Waals surface area (Å²) in [4.78, 5) is 36.2. The fraction of sp³-hybridized carbons (Fsp3) is 0.261. The number of carbonyl (C=O) groups is 3. The number of aliphatic carboxylic acids is 2. The highest BCUT2D eigenvalue weighted by Crippen LogP contribution is 2.29. The first-order valence-corrected chi connectivity index (χ1v) is 13.9. The predicted octanol–water partition coefficient (Wildman–Crippen LogP) is 2.63. The summed E-state index contributed by atoms with van der Waals surface area (Å²) in [5, 5.41) is 31.8. The molecule has 1 atom stereocenters. The molecule has 1 aliphatic heterocycles. The van der Waals surface area contributed by atoms with Gasteiger partial charge in [-0.05, 0) is 42.8 Å². The van der Waals surface area contributed by atoms with Crippen LogP contribution < -0.4 is 10.5 Å². The number of amides is 1. The minimum absolute atomic E-state index is 0.0189. The third-order valence-corrected chi connectivity index (χ3v) is 8.40. The molecular formula is C23H21F6N5O8S2. The molecule has 0 radical (unpaired) electrons. The molecule has 0 bridgehead atoms. The van der Waals surface area contributed by atoms with Crippen LogP contribution >= 0.6 is 11.3 Å². The van der Waals surface area contributed by atoms with Gasteiger partial charge in [-0.15, -0.1) is 11.3 Å². The van der Waals surface area contributed by atoms with Gasteiger partial charge in [0.1, 0.15) is 21.8 Å². The Balaban J connectivity index is 0.000000402. The van der Waals surface area contributed by atoms with Gasteiger partial charge in [0.05, 0.1) is 10.2 Å². The zero-order chi connectivity index (χ0) is 33.6. The van der Waals surface area contributed by atoms with Crippen LogP contribution in [-0.2, 0) is 31.0 Å². The lowest BCUT2D eigenvalue weighted by Gasteiger charge is -2.18. The highest BCUT2D eigenvalue weighted by Gasteiger charge is 2.39. The lowest BCUT2D eigenvalue weighted by molar-refractivity contribution is -0.193. The standard InChI is InChI=1S/C19H19N5O4S2.2C2HF3O2/c20-18(21)11-3-4-15(25)12(8-11)10-24-7-5-13(19(24)26)23-30(27,28)17-9-14-16(29-17)2-1-6-22-14;2*3-2(4,5)1(6)7/h1-4,6,8-9,13,23,25H,5,7,10H2,(H3,20,21);2*(H,6,7)/t13-;;/m0../s1. The fourth-order valence-electron chi connectivity index (χ4n) is 3.32. The quantitative estimate of drug-likeness (QED) is 0.127. The van der Waals surface area contributed by atoms with Crippen molar-refractivity contribution in [2.24, 2.45) is 5.73 Å². The average molecular weight is 674 g/mol. The van der Waals surface area contributed by atoms with E-state index in [-0.39, 0.29) is 28.2 Å². The molecule has 0 saturated carbocycles. The number of hydrogen-bond donors (Lipinski definition) is 6. The Morgan fingerprint density at radius 1 is 1.09 bits per heavy atom. The number of sulfonamides is 1. The van der Waals surface area contributed by atoms with Gasteiger partial charge in [0.25, 0.3) is 10.0 Å². The molecule has 0 unspecified atom stereocenters. The molecule has 3 heterocycles. The van der Waals surface area contributed by atoms with E-state index in [0.717, 1.165) is 16.0 Å². The minimum Gasteiger partial charge on any atom is -0.508 e. The molecule has 21 heteroatoms. The van der Waals surface area contributed by atoms with Gasteiger partial charge in [-0.2, -0.15) is 31.1 Å². The van der Waals surface area contributed by atoms with E-state index >= 15 is 0 Å². The van der Waals surface area contributed by atoms with Gasteiger partial charge >= 0.3 is 24.3 Å². The van der Waals surface area contributed by atoms with Crippen molar-refractivity contribution in [3.05, 3.63) is 53.7 Å². The zero-order valence-electron chi connectivity index (χ0n) is 21.7. The Hall–Kier alpha value is -4.50. The van der Waals surface area contributed by atoms with Crippen molar-refractivity contribution < 1.29 is 64.5 Å². The largest absolute Gasteiger partial charge is 0.508 e. The molecule has 0 spiro atoms. The van der Waals surface area contributed by atoms with Crippen LogP contribution in [-0.4, -0.2) is 82.2 Å². The number of alkyl halides is 6. The van der Waals surface area contributed by atoms with Gasteiger partial charge in [-0.1, -0.05) is 0 Å². The number of nitrogens with zero attached hydrogens (tertiary/aromatic N) is 2. The Kier molecular flexibility index (Phi) is 11.2. The number of nitrogens with two attached hydrogens (primary N) is 1. The number of benzene rings is 1. The lowest BCUT2D eigenvalue weighted by atomic mass is 10.1. The van der Waals surface area contributed by atoms with Crippen molar-refractivity contribution in [3.8, 4) is 5.75 Å². The number of likely N-dealkylation sites (tertiary alicyclic amines) is 1. The molecule has 13 nitrogen and oxygen atoms in total. The van der Waals surface area contributed by atoms with E-state index in [9.17, 15) is 44.7 Å². The number of fused-ring (bicyclic) bond motifs is 1. The number of carbonyl (C=O) groups excluding carboxylic acids is 1. The number of pyridine rings is 1. The summed E-state index contributed by atoms with van der Waals surface area (Å²) in [5.41, 5.74) is 6.95.